The summed E-state index contributed by atoms with van der Waals surface area (Å²) in [6.07, 6.45) is 1.51. The minimum Gasteiger partial charge on any atom is -0.478 e. The topological polar surface area (TPSA) is 85.4 Å². The van der Waals surface area contributed by atoms with Crippen molar-refractivity contribution in [1.29, 1.82) is 0 Å². The maximum Gasteiger partial charge on any atom is 0.337 e. The summed E-state index contributed by atoms with van der Waals surface area (Å²) in [5, 5.41) is 8.85. The van der Waals surface area contributed by atoms with Gasteiger partial charge >= 0.3 is 5.97 Å². The summed E-state index contributed by atoms with van der Waals surface area (Å²) in [6.45, 7) is 0.247. The molecule has 0 unspecified atom stereocenters. The van der Waals surface area contributed by atoms with Crippen molar-refractivity contribution in [2.75, 3.05) is 13.7 Å². The van der Waals surface area contributed by atoms with Gasteiger partial charge in [-0.1, -0.05) is 0 Å². The Hall–Kier alpha value is -1.46. The van der Waals surface area contributed by atoms with Gasteiger partial charge in [0.15, 0.2) is 0 Å². The predicted molar refractivity (Wildman–Crippen MR) is 50.0 cm³/mol. The fraction of sp³-hybridized carbons (Fsp3) is 0.333. The highest BCUT2D eigenvalue weighted by Gasteiger charge is 2.16. The molecule has 14 heavy (non-hydrogen) atoms. The minimum absolute atomic E-state index is 0.122. The van der Waals surface area contributed by atoms with E-state index in [4.69, 9.17) is 15.6 Å². The number of methoxy groups -OCH3 is 1. The Morgan fingerprint density at radius 1 is 1.79 bits per heavy atom. The van der Waals surface area contributed by atoms with E-state index >= 15 is 0 Å². The number of carbonyl (C=O) groups is 1. The molecule has 0 fully saturated rings. The number of hydrogen-bond acceptors (Lipinski definition) is 4. The summed E-state index contributed by atoms with van der Waals surface area (Å²) in [6, 6.07) is 2.53. The highest BCUT2D eigenvalue weighted by atomic mass is 16.5. The van der Waals surface area contributed by atoms with Crippen LogP contribution < -0.4 is 5.73 Å². The second-order valence-corrected chi connectivity index (χ2v) is 2.80. The fourth-order valence-corrected chi connectivity index (χ4v) is 1.15. The Labute approximate surface area is 81.5 Å². The van der Waals surface area contributed by atoms with Crippen LogP contribution in [0.15, 0.2) is 18.3 Å². The first-order chi connectivity index (χ1) is 6.66. The molecule has 5 heteroatoms. The lowest BCUT2D eigenvalue weighted by atomic mass is 10.1. The van der Waals surface area contributed by atoms with Crippen molar-refractivity contribution in [3.63, 3.8) is 0 Å². The molecule has 1 heterocycles. The SMILES string of the molecule is COC[C@@H](N)c1ncccc1C(=O)O. The first-order valence-corrected chi connectivity index (χ1v) is 4.09. The summed E-state index contributed by atoms with van der Waals surface area (Å²) < 4.78 is 4.83. The molecule has 1 aromatic heterocycles. The number of hydrogen-bond donors (Lipinski definition) is 2. The zero-order valence-electron chi connectivity index (χ0n) is 7.80. The van der Waals surface area contributed by atoms with Gasteiger partial charge in [0, 0.05) is 13.3 Å². The number of carboxylic acid groups (broad SMARTS) is 1. The third-order valence-electron chi connectivity index (χ3n) is 1.77. The third-order valence-corrected chi connectivity index (χ3v) is 1.77. The summed E-state index contributed by atoms with van der Waals surface area (Å²) in [4.78, 5) is 14.7. The van der Waals surface area contributed by atoms with Crippen molar-refractivity contribution >= 4 is 5.97 Å². The van der Waals surface area contributed by atoms with Crippen molar-refractivity contribution in [2.24, 2.45) is 5.73 Å². The summed E-state index contributed by atoms with van der Waals surface area (Å²) >= 11 is 0. The highest BCUT2D eigenvalue weighted by Crippen LogP contribution is 2.13. The Kier molecular flexibility index (Phi) is 3.55. The van der Waals surface area contributed by atoms with Gasteiger partial charge in [-0.15, -0.1) is 0 Å². The van der Waals surface area contributed by atoms with Crippen LogP contribution >= 0.6 is 0 Å². The summed E-state index contributed by atoms with van der Waals surface area (Å²) in [7, 11) is 1.50. The molecule has 0 amide bonds. The van der Waals surface area contributed by atoms with Crippen molar-refractivity contribution in [2.45, 2.75) is 6.04 Å². The summed E-state index contributed by atoms with van der Waals surface area (Å²) in [5.74, 6) is -1.03. The van der Waals surface area contributed by atoms with Gasteiger partial charge in [0.05, 0.1) is 23.9 Å². The molecule has 1 rings (SSSR count). The van der Waals surface area contributed by atoms with Crippen molar-refractivity contribution in [1.82, 2.24) is 4.98 Å². The van der Waals surface area contributed by atoms with Gasteiger partial charge in [0.2, 0.25) is 0 Å². The van der Waals surface area contributed by atoms with E-state index in [9.17, 15) is 4.79 Å². The zero-order chi connectivity index (χ0) is 10.6. The number of aromatic carboxylic acids is 1. The Balaban J connectivity index is 3.00. The molecule has 0 aliphatic rings. The standard InChI is InChI=1S/C9H12N2O3/c1-14-5-7(10)8-6(9(12)13)3-2-4-11-8/h2-4,7H,5,10H2,1H3,(H,12,13)/t7-/m1/s1. The number of aromatic nitrogens is 1. The lowest BCUT2D eigenvalue weighted by Crippen LogP contribution is -2.20. The number of pyridine rings is 1. The van der Waals surface area contributed by atoms with Gasteiger partial charge in [0.25, 0.3) is 0 Å². The van der Waals surface area contributed by atoms with Gasteiger partial charge in [0.1, 0.15) is 0 Å². The van der Waals surface area contributed by atoms with E-state index in [1.54, 1.807) is 6.07 Å². The number of rotatable bonds is 4. The summed E-state index contributed by atoms with van der Waals surface area (Å²) in [5.41, 5.74) is 6.16. The van der Waals surface area contributed by atoms with Gasteiger partial charge in [-0.05, 0) is 12.1 Å². The highest BCUT2D eigenvalue weighted by molar-refractivity contribution is 5.88. The minimum atomic E-state index is -1.03. The van der Waals surface area contributed by atoms with Crippen LogP contribution in [0.25, 0.3) is 0 Å². The van der Waals surface area contributed by atoms with E-state index in [0.717, 1.165) is 0 Å². The van der Waals surface area contributed by atoms with Crippen LogP contribution in [0.5, 0.6) is 0 Å². The van der Waals surface area contributed by atoms with E-state index in [0.29, 0.717) is 5.69 Å². The maximum atomic E-state index is 10.8. The van der Waals surface area contributed by atoms with Crippen molar-refractivity contribution in [3.05, 3.63) is 29.6 Å². The van der Waals surface area contributed by atoms with Crippen LogP contribution in [0.1, 0.15) is 22.1 Å². The van der Waals surface area contributed by atoms with Crippen LogP contribution in [-0.2, 0) is 4.74 Å². The fourth-order valence-electron chi connectivity index (χ4n) is 1.15. The Bertz CT molecular complexity index is 328. The molecule has 0 aromatic carbocycles. The molecule has 3 N–H and O–H groups in total. The zero-order valence-corrected chi connectivity index (χ0v) is 7.80. The van der Waals surface area contributed by atoms with E-state index in [-0.39, 0.29) is 12.2 Å². The number of ether oxygens (including phenoxy) is 1. The van der Waals surface area contributed by atoms with Crippen LogP contribution in [0.4, 0.5) is 0 Å². The molecule has 0 aliphatic heterocycles. The Morgan fingerprint density at radius 2 is 2.50 bits per heavy atom. The maximum absolute atomic E-state index is 10.8. The third kappa shape index (κ3) is 2.27. The second kappa shape index (κ2) is 4.69. The number of nitrogens with zero attached hydrogens (tertiary/aromatic N) is 1. The molecule has 1 atom stereocenters. The molecular formula is C9H12N2O3. The van der Waals surface area contributed by atoms with E-state index in [1.807, 2.05) is 0 Å². The van der Waals surface area contributed by atoms with Crippen LogP contribution in [0.2, 0.25) is 0 Å². The molecule has 5 nitrogen and oxygen atoms in total. The molecule has 0 bridgehead atoms. The first kappa shape index (κ1) is 10.6. The average molecular weight is 196 g/mol. The number of nitrogens with two attached hydrogens (primary N) is 1. The van der Waals surface area contributed by atoms with Crippen LogP contribution in [-0.4, -0.2) is 29.8 Å². The smallest absolute Gasteiger partial charge is 0.337 e. The monoisotopic (exact) mass is 196 g/mol. The van der Waals surface area contributed by atoms with Crippen molar-refractivity contribution in [3.8, 4) is 0 Å². The molecule has 76 valence electrons. The van der Waals surface area contributed by atoms with E-state index < -0.39 is 12.0 Å². The van der Waals surface area contributed by atoms with Gasteiger partial charge in [-0.3, -0.25) is 4.98 Å². The van der Waals surface area contributed by atoms with Crippen LogP contribution in [0, 0.1) is 0 Å². The largest absolute Gasteiger partial charge is 0.478 e. The predicted octanol–water partition coefficient (Wildman–Crippen LogP) is 0.426. The van der Waals surface area contributed by atoms with Gasteiger partial charge in [-0.25, -0.2) is 4.79 Å². The van der Waals surface area contributed by atoms with Gasteiger partial charge in [-0.2, -0.15) is 0 Å². The first-order valence-electron chi connectivity index (χ1n) is 4.09. The lowest BCUT2D eigenvalue weighted by molar-refractivity contribution is 0.0693. The molecular weight excluding hydrogens is 184 g/mol. The quantitative estimate of drug-likeness (QED) is 0.729. The number of carboxylic acids is 1. The lowest BCUT2D eigenvalue weighted by Gasteiger charge is -2.11. The second-order valence-electron chi connectivity index (χ2n) is 2.80. The average Bonchev–Trinajstić information content (AvgIpc) is 2.18. The Morgan fingerprint density at radius 3 is 3.07 bits per heavy atom. The normalized spacial score (nSPS) is 12.4. The molecule has 1 aromatic rings. The molecule has 0 saturated carbocycles. The molecule has 0 radical (unpaired) electrons. The van der Waals surface area contributed by atoms with Crippen molar-refractivity contribution < 1.29 is 14.6 Å². The van der Waals surface area contributed by atoms with Gasteiger partial charge < -0.3 is 15.6 Å². The molecule has 0 spiro atoms. The molecule has 0 aliphatic carbocycles. The molecule has 0 saturated heterocycles. The van der Waals surface area contributed by atoms with E-state index in [2.05, 4.69) is 4.98 Å². The van der Waals surface area contributed by atoms with Crippen LogP contribution in [0.3, 0.4) is 0 Å². The van der Waals surface area contributed by atoms with E-state index in [1.165, 1.54) is 19.4 Å².